The second kappa shape index (κ2) is 8.23. The summed E-state index contributed by atoms with van der Waals surface area (Å²) in [6.45, 7) is 0. The van der Waals surface area contributed by atoms with Gasteiger partial charge in [0.15, 0.2) is 17.3 Å². The fourth-order valence-corrected chi connectivity index (χ4v) is 3.72. The third-order valence-corrected chi connectivity index (χ3v) is 5.39. The monoisotopic (exact) mass is 438 g/mol. The number of rotatable bonds is 5. The molecule has 0 saturated heterocycles. The highest BCUT2D eigenvalue weighted by atomic mass is 16.5. The van der Waals surface area contributed by atoms with Crippen LogP contribution in [0.25, 0.3) is 27.8 Å². The highest BCUT2D eigenvalue weighted by molar-refractivity contribution is 6.01. The lowest BCUT2D eigenvalue weighted by Crippen LogP contribution is -2.21. The van der Waals surface area contributed by atoms with Crippen molar-refractivity contribution in [2.24, 2.45) is 0 Å². The number of carbonyl (C=O) groups is 1. The zero-order valence-corrected chi connectivity index (χ0v) is 18.5. The van der Waals surface area contributed by atoms with E-state index in [1.807, 2.05) is 66.7 Å². The Morgan fingerprint density at radius 3 is 2.42 bits per heavy atom. The summed E-state index contributed by atoms with van der Waals surface area (Å²) in [5.41, 5.74) is 2.89. The fourth-order valence-electron chi connectivity index (χ4n) is 3.72. The Bertz CT molecular complexity index is 1470. The first-order valence-corrected chi connectivity index (χ1v) is 10.4. The van der Waals surface area contributed by atoms with E-state index in [4.69, 9.17) is 9.84 Å². The van der Waals surface area contributed by atoms with Gasteiger partial charge in [-0.2, -0.15) is 4.52 Å². The van der Waals surface area contributed by atoms with Gasteiger partial charge in [0.1, 0.15) is 5.75 Å². The molecule has 0 saturated carbocycles. The number of amides is 1. The van der Waals surface area contributed by atoms with Crippen molar-refractivity contribution >= 4 is 33.8 Å². The number of aromatic nitrogens is 4. The maximum Gasteiger partial charge on any atom is 0.253 e. The van der Waals surface area contributed by atoms with Crippen molar-refractivity contribution < 1.29 is 9.53 Å². The summed E-state index contributed by atoms with van der Waals surface area (Å²) in [6.07, 6.45) is 0. The van der Waals surface area contributed by atoms with Crippen molar-refractivity contribution in [2.75, 3.05) is 26.5 Å². The van der Waals surface area contributed by atoms with Crippen molar-refractivity contribution in [3.63, 3.8) is 0 Å². The van der Waals surface area contributed by atoms with Crippen LogP contribution in [0.4, 0.5) is 11.5 Å². The van der Waals surface area contributed by atoms with Gasteiger partial charge in [0.2, 0.25) is 0 Å². The van der Waals surface area contributed by atoms with Crippen molar-refractivity contribution in [2.45, 2.75) is 0 Å². The van der Waals surface area contributed by atoms with Gasteiger partial charge in [0.05, 0.1) is 7.11 Å². The number of fused-ring (bicyclic) bond motifs is 3. The number of methoxy groups -OCH3 is 1. The lowest BCUT2D eigenvalue weighted by Gasteiger charge is -2.13. The van der Waals surface area contributed by atoms with Gasteiger partial charge in [-0.1, -0.05) is 30.3 Å². The second-order valence-corrected chi connectivity index (χ2v) is 7.79. The Hall–Kier alpha value is -4.46. The summed E-state index contributed by atoms with van der Waals surface area (Å²) in [5, 5.41) is 18.9. The van der Waals surface area contributed by atoms with Crippen LogP contribution in [0.1, 0.15) is 10.4 Å². The van der Waals surface area contributed by atoms with E-state index in [0.717, 1.165) is 27.8 Å². The molecule has 0 atom stereocenters. The van der Waals surface area contributed by atoms with E-state index in [1.165, 1.54) is 0 Å². The molecule has 33 heavy (non-hydrogen) atoms. The van der Waals surface area contributed by atoms with Gasteiger partial charge in [-0.25, -0.2) is 0 Å². The largest absolute Gasteiger partial charge is 0.497 e. The number of nitrogens with one attached hydrogen (secondary N) is 1. The van der Waals surface area contributed by atoms with E-state index in [-0.39, 0.29) is 5.91 Å². The zero-order valence-electron chi connectivity index (χ0n) is 18.5. The maximum atomic E-state index is 12.4. The maximum absolute atomic E-state index is 12.4. The van der Waals surface area contributed by atoms with Crippen molar-refractivity contribution in [1.29, 1.82) is 0 Å². The predicted molar refractivity (Wildman–Crippen MR) is 128 cm³/mol. The van der Waals surface area contributed by atoms with Gasteiger partial charge >= 0.3 is 0 Å². The van der Waals surface area contributed by atoms with Crippen LogP contribution in [0.3, 0.4) is 0 Å². The second-order valence-electron chi connectivity index (χ2n) is 7.79. The lowest BCUT2D eigenvalue weighted by molar-refractivity contribution is 0.0827. The Balaban J connectivity index is 1.64. The normalized spacial score (nSPS) is 11.0. The van der Waals surface area contributed by atoms with Crippen LogP contribution in [-0.4, -0.2) is 51.8 Å². The molecule has 0 aliphatic carbocycles. The summed E-state index contributed by atoms with van der Waals surface area (Å²) in [4.78, 5) is 14.0. The Morgan fingerprint density at radius 2 is 1.70 bits per heavy atom. The predicted octanol–water partition coefficient (Wildman–Crippen LogP) is 4.40. The fraction of sp³-hybridized carbons (Fsp3) is 0.120. The molecule has 0 aliphatic rings. The highest BCUT2D eigenvalue weighted by Gasteiger charge is 2.16. The topological polar surface area (TPSA) is 84.7 Å². The number of ether oxygens (including phenoxy) is 1. The first kappa shape index (κ1) is 20.4. The van der Waals surface area contributed by atoms with Crippen LogP contribution in [0.5, 0.6) is 5.75 Å². The average Bonchev–Trinajstić information content (AvgIpc) is 3.28. The molecule has 0 aliphatic heterocycles. The smallest absolute Gasteiger partial charge is 0.253 e. The van der Waals surface area contributed by atoms with E-state index in [0.29, 0.717) is 22.9 Å². The van der Waals surface area contributed by atoms with Gasteiger partial charge in [-0.3, -0.25) is 4.79 Å². The minimum absolute atomic E-state index is 0.0625. The van der Waals surface area contributed by atoms with Crippen LogP contribution < -0.4 is 10.1 Å². The Labute approximate surface area is 190 Å². The molecule has 164 valence electrons. The highest BCUT2D eigenvalue weighted by Crippen LogP contribution is 2.30. The van der Waals surface area contributed by atoms with Gasteiger partial charge in [-0.05, 0) is 42.5 Å². The molecule has 0 unspecified atom stereocenters. The van der Waals surface area contributed by atoms with Crippen LogP contribution in [-0.2, 0) is 0 Å². The molecule has 8 heteroatoms. The van der Waals surface area contributed by atoms with Crippen molar-refractivity contribution in [3.8, 4) is 17.1 Å². The van der Waals surface area contributed by atoms with E-state index in [2.05, 4.69) is 15.5 Å². The number of nitrogens with zero attached hydrogens (tertiary/aromatic N) is 5. The van der Waals surface area contributed by atoms with Gasteiger partial charge in [-0.15, -0.1) is 15.3 Å². The van der Waals surface area contributed by atoms with E-state index in [1.54, 1.807) is 36.7 Å². The molecule has 1 amide bonds. The van der Waals surface area contributed by atoms with Crippen LogP contribution >= 0.6 is 0 Å². The molecular formula is C25H22N6O2. The molecule has 0 bridgehead atoms. The summed E-state index contributed by atoms with van der Waals surface area (Å²) in [6, 6.07) is 22.9. The van der Waals surface area contributed by atoms with E-state index in [9.17, 15) is 4.79 Å². The first-order chi connectivity index (χ1) is 16.0. The number of benzene rings is 3. The third kappa shape index (κ3) is 3.71. The molecule has 5 rings (SSSR count). The molecule has 3 aromatic carbocycles. The standard InChI is InChI=1S/C25H22N6O2/c1-30(2)25(32)17-7-6-8-18(15-17)26-22-20-9-4-5-10-21(20)24-28-27-23(31(24)29-22)16-11-13-19(33-3)14-12-16/h4-15H,1-3H3,(H,26,29). The number of carbonyl (C=O) groups excluding carboxylic acids is 1. The molecule has 2 aromatic heterocycles. The SMILES string of the molecule is COc1ccc(-c2nnc3c4ccccc4c(Nc4cccc(C(=O)N(C)C)c4)nn23)cc1. The zero-order chi connectivity index (χ0) is 22.9. The van der Waals surface area contributed by atoms with Gasteiger partial charge < -0.3 is 15.0 Å². The Morgan fingerprint density at radius 1 is 0.939 bits per heavy atom. The average molecular weight is 438 g/mol. The molecule has 2 heterocycles. The van der Waals surface area contributed by atoms with E-state index < -0.39 is 0 Å². The minimum Gasteiger partial charge on any atom is -0.497 e. The number of hydrogen-bond donors (Lipinski definition) is 1. The molecule has 0 spiro atoms. The Kier molecular flexibility index (Phi) is 5.10. The number of hydrogen-bond acceptors (Lipinski definition) is 6. The van der Waals surface area contributed by atoms with Gasteiger partial charge in [0, 0.05) is 41.7 Å². The molecule has 1 N–H and O–H groups in total. The van der Waals surface area contributed by atoms with E-state index >= 15 is 0 Å². The first-order valence-electron chi connectivity index (χ1n) is 10.4. The number of anilines is 2. The molecule has 0 radical (unpaired) electrons. The summed E-state index contributed by atoms with van der Waals surface area (Å²) < 4.78 is 7.00. The molecule has 0 fully saturated rings. The molecule has 8 nitrogen and oxygen atoms in total. The molecular weight excluding hydrogens is 416 g/mol. The quantitative estimate of drug-likeness (QED) is 0.438. The summed E-state index contributed by atoms with van der Waals surface area (Å²) in [7, 11) is 5.10. The van der Waals surface area contributed by atoms with Gasteiger partial charge in [0.25, 0.3) is 5.91 Å². The van der Waals surface area contributed by atoms with Crippen LogP contribution in [0, 0.1) is 0 Å². The minimum atomic E-state index is -0.0625. The van der Waals surface area contributed by atoms with Crippen molar-refractivity contribution in [3.05, 3.63) is 78.4 Å². The van der Waals surface area contributed by atoms with Crippen LogP contribution in [0.2, 0.25) is 0 Å². The molecule has 5 aromatic rings. The summed E-state index contributed by atoms with van der Waals surface area (Å²) >= 11 is 0. The summed E-state index contributed by atoms with van der Waals surface area (Å²) in [5.74, 6) is 1.97. The van der Waals surface area contributed by atoms with Crippen molar-refractivity contribution in [1.82, 2.24) is 24.7 Å². The third-order valence-electron chi connectivity index (χ3n) is 5.39. The lowest BCUT2D eigenvalue weighted by atomic mass is 10.1. The van der Waals surface area contributed by atoms with Crippen LogP contribution in [0.15, 0.2) is 72.8 Å².